The van der Waals surface area contributed by atoms with Crippen molar-refractivity contribution in [3.8, 4) is 0 Å². The Bertz CT molecular complexity index is 1050. The SMILES string of the molecule is Cc1cc(CN2CCN(C(=O)c3ccc(CNC(=O)C45CC6CC(CC(C6)C4)C5)cc3)CC2)on1. The molecule has 1 aromatic heterocycles. The first-order valence-corrected chi connectivity index (χ1v) is 13.3. The maximum atomic E-state index is 13.2. The molecule has 7 nitrogen and oxygen atoms in total. The zero-order valence-corrected chi connectivity index (χ0v) is 20.7. The van der Waals surface area contributed by atoms with E-state index >= 15 is 0 Å². The van der Waals surface area contributed by atoms with Crippen LogP contribution in [-0.4, -0.2) is 52.9 Å². The van der Waals surface area contributed by atoms with Crippen LogP contribution in [0.25, 0.3) is 0 Å². The number of amides is 2. The summed E-state index contributed by atoms with van der Waals surface area (Å²) in [6, 6.07) is 9.73. The lowest BCUT2D eigenvalue weighted by Gasteiger charge is -2.55. The summed E-state index contributed by atoms with van der Waals surface area (Å²) in [5, 5.41) is 7.19. The van der Waals surface area contributed by atoms with Gasteiger partial charge < -0.3 is 14.7 Å². The molecule has 1 aliphatic heterocycles. The minimum Gasteiger partial charge on any atom is -0.360 e. The third kappa shape index (κ3) is 4.63. The van der Waals surface area contributed by atoms with Crippen LogP contribution in [0.2, 0.25) is 0 Å². The van der Waals surface area contributed by atoms with Gasteiger partial charge in [0.15, 0.2) is 5.76 Å². The van der Waals surface area contributed by atoms with E-state index in [0.717, 1.165) is 73.7 Å². The first-order valence-electron chi connectivity index (χ1n) is 13.3. The fraction of sp³-hybridized carbons (Fsp3) is 0.607. The fourth-order valence-corrected chi connectivity index (χ4v) is 7.53. The molecule has 2 amide bonds. The van der Waals surface area contributed by atoms with E-state index in [1.165, 1.54) is 19.3 Å². The van der Waals surface area contributed by atoms with Gasteiger partial charge in [0.05, 0.1) is 12.2 Å². The molecule has 7 rings (SSSR count). The number of aromatic nitrogens is 1. The number of carbonyl (C=O) groups excluding carboxylic acids is 2. The summed E-state index contributed by atoms with van der Waals surface area (Å²) in [6.45, 7) is 6.23. The van der Waals surface area contributed by atoms with E-state index in [1.54, 1.807) is 0 Å². The highest BCUT2D eigenvalue weighted by Crippen LogP contribution is 2.60. The number of rotatable bonds is 6. The Morgan fingerprint density at radius 1 is 1.00 bits per heavy atom. The van der Waals surface area contributed by atoms with Gasteiger partial charge in [-0.15, -0.1) is 0 Å². The molecule has 2 heterocycles. The average molecular weight is 477 g/mol. The highest BCUT2D eigenvalue weighted by atomic mass is 16.5. The van der Waals surface area contributed by atoms with Crippen LogP contribution >= 0.6 is 0 Å². The van der Waals surface area contributed by atoms with Gasteiger partial charge in [0.2, 0.25) is 5.91 Å². The van der Waals surface area contributed by atoms with Crippen molar-refractivity contribution in [1.82, 2.24) is 20.3 Å². The standard InChI is InChI=1S/C28H36N4O3/c1-19-10-25(35-30-19)18-31-6-8-32(9-7-31)26(33)24-4-2-20(3-5-24)17-29-27(34)28-14-21-11-22(15-28)13-23(12-21)16-28/h2-5,10,21-23H,6-9,11-18H2,1H3,(H,29,34). The molecule has 2 aromatic rings. The summed E-state index contributed by atoms with van der Waals surface area (Å²) < 4.78 is 5.32. The molecule has 186 valence electrons. The van der Waals surface area contributed by atoms with Gasteiger partial charge in [0.25, 0.3) is 5.91 Å². The van der Waals surface area contributed by atoms with Crippen molar-refractivity contribution in [2.24, 2.45) is 23.2 Å². The minimum absolute atomic E-state index is 0.0734. The van der Waals surface area contributed by atoms with E-state index in [0.29, 0.717) is 25.2 Å². The van der Waals surface area contributed by atoms with Crippen LogP contribution in [0.4, 0.5) is 0 Å². The highest BCUT2D eigenvalue weighted by molar-refractivity contribution is 5.94. The largest absolute Gasteiger partial charge is 0.360 e. The van der Waals surface area contributed by atoms with Crippen LogP contribution in [0, 0.1) is 30.1 Å². The lowest BCUT2D eigenvalue weighted by Crippen LogP contribution is -2.53. The third-order valence-electron chi connectivity index (χ3n) is 8.89. The van der Waals surface area contributed by atoms with Gasteiger partial charge in [-0.1, -0.05) is 17.3 Å². The zero-order valence-electron chi connectivity index (χ0n) is 20.7. The van der Waals surface area contributed by atoms with Crippen molar-refractivity contribution < 1.29 is 14.1 Å². The van der Waals surface area contributed by atoms with E-state index in [2.05, 4.69) is 15.4 Å². The molecule has 1 saturated heterocycles. The van der Waals surface area contributed by atoms with Crippen molar-refractivity contribution in [2.45, 2.75) is 58.5 Å². The second-order valence-electron chi connectivity index (χ2n) is 11.6. The van der Waals surface area contributed by atoms with E-state index in [4.69, 9.17) is 4.52 Å². The van der Waals surface area contributed by atoms with Gasteiger partial charge in [0, 0.05) is 49.8 Å². The predicted molar refractivity (Wildman–Crippen MR) is 131 cm³/mol. The normalized spacial score (nSPS) is 30.0. The number of hydrogen-bond acceptors (Lipinski definition) is 5. The van der Waals surface area contributed by atoms with Crippen LogP contribution in [-0.2, 0) is 17.9 Å². The Morgan fingerprint density at radius 3 is 2.20 bits per heavy atom. The van der Waals surface area contributed by atoms with Crippen LogP contribution in [0.1, 0.15) is 65.9 Å². The van der Waals surface area contributed by atoms with Gasteiger partial charge in [-0.05, 0) is 80.9 Å². The Morgan fingerprint density at radius 2 is 1.63 bits per heavy atom. The van der Waals surface area contributed by atoms with Crippen molar-refractivity contribution in [3.63, 3.8) is 0 Å². The number of aryl methyl sites for hydroxylation is 1. The molecular formula is C28H36N4O3. The molecule has 4 aliphatic carbocycles. The van der Waals surface area contributed by atoms with Crippen molar-refractivity contribution in [2.75, 3.05) is 26.2 Å². The molecule has 4 bridgehead atoms. The summed E-state index contributed by atoms with van der Waals surface area (Å²) in [5.74, 6) is 3.51. The van der Waals surface area contributed by atoms with Gasteiger partial charge in [0.1, 0.15) is 0 Å². The molecule has 4 saturated carbocycles. The average Bonchev–Trinajstić information content (AvgIpc) is 3.26. The van der Waals surface area contributed by atoms with E-state index < -0.39 is 0 Å². The molecule has 1 N–H and O–H groups in total. The summed E-state index contributed by atoms with van der Waals surface area (Å²) in [4.78, 5) is 30.4. The number of piperazine rings is 1. The van der Waals surface area contributed by atoms with Crippen LogP contribution in [0.5, 0.6) is 0 Å². The summed E-state index contributed by atoms with van der Waals surface area (Å²) >= 11 is 0. The van der Waals surface area contributed by atoms with Crippen LogP contribution < -0.4 is 5.32 Å². The second kappa shape index (κ2) is 9.08. The topological polar surface area (TPSA) is 78.7 Å². The Labute approximate surface area is 207 Å². The molecule has 5 fully saturated rings. The number of carbonyl (C=O) groups is 2. The molecule has 0 unspecified atom stereocenters. The van der Waals surface area contributed by atoms with E-state index in [9.17, 15) is 9.59 Å². The van der Waals surface area contributed by atoms with Crippen molar-refractivity contribution >= 4 is 11.8 Å². The van der Waals surface area contributed by atoms with E-state index in [1.807, 2.05) is 42.2 Å². The maximum Gasteiger partial charge on any atom is 0.253 e. The monoisotopic (exact) mass is 476 g/mol. The lowest BCUT2D eigenvalue weighted by molar-refractivity contribution is -0.146. The Kier molecular flexibility index (Phi) is 5.91. The molecule has 5 aliphatic rings. The lowest BCUT2D eigenvalue weighted by atomic mass is 9.49. The van der Waals surface area contributed by atoms with Crippen molar-refractivity contribution in [3.05, 3.63) is 52.9 Å². The predicted octanol–water partition coefficient (Wildman–Crippen LogP) is 3.77. The van der Waals surface area contributed by atoms with Gasteiger partial charge in [-0.25, -0.2) is 0 Å². The molecule has 35 heavy (non-hydrogen) atoms. The summed E-state index contributed by atoms with van der Waals surface area (Å²) in [5.41, 5.74) is 2.54. The fourth-order valence-electron chi connectivity index (χ4n) is 7.53. The van der Waals surface area contributed by atoms with Crippen molar-refractivity contribution in [1.29, 1.82) is 0 Å². The first kappa shape index (κ1) is 22.8. The smallest absolute Gasteiger partial charge is 0.253 e. The first-order chi connectivity index (χ1) is 17.0. The number of nitrogens with one attached hydrogen (secondary N) is 1. The minimum atomic E-state index is -0.112. The summed E-state index contributed by atoms with van der Waals surface area (Å²) in [7, 11) is 0. The Balaban J connectivity index is 0.995. The maximum absolute atomic E-state index is 13.2. The Hall–Kier alpha value is -2.67. The molecule has 7 heteroatoms. The second-order valence-corrected chi connectivity index (χ2v) is 11.6. The zero-order chi connectivity index (χ0) is 24.0. The van der Waals surface area contributed by atoms with Crippen LogP contribution in [0.15, 0.2) is 34.9 Å². The third-order valence-corrected chi connectivity index (χ3v) is 8.89. The van der Waals surface area contributed by atoms with Crippen LogP contribution in [0.3, 0.4) is 0 Å². The quantitative estimate of drug-likeness (QED) is 0.687. The highest BCUT2D eigenvalue weighted by Gasteiger charge is 2.54. The molecule has 1 aromatic carbocycles. The molecular weight excluding hydrogens is 440 g/mol. The molecule has 0 radical (unpaired) electrons. The molecule has 0 spiro atoms. The molecule has 0 atom stereocenters. The van der Waals surface area contributed by atoms with E-state index in [-0.39, 0.29) is 17.2 Å². The number of benzene rings is 1. The van der Waals surface area contributed by atoms with Gasteiger partial charge in [-0.2, -0.15) is 0 Å². The van der Waals surface area contributed by atoms with Gasteiger partial charge in [-0.3, -0.25) is 14.5 Å². The van der Waals surface area contributed by atoms with Gasteiger partial charge >= 0.3 is 0 Å². The number of hydrogen-bond donors (Lipinski definition) is 1. The summed E-state index contributed by atoms with van der Waals surface area (Å²) in [6.07, 6.45) is 7.30. The number of nitrogens with zero attached hydrogens (tertiary/aromatic N) is 3.